The van der Waals surface area contributed by atoms with E-state index in [1.807, 2.05) is 6.07 Å². The Kier molecular flexibility index (Phi) is 6.54. The molecule has 1 N–H and O–H groups in total. The minimum atomic E-state index is -4.80. The number of hydrogen-bond donors (Lipinski definition) is 1. The van der Waals surface area contributed by atoms with Crippen LogP contribution in [0.25, 0.3) is 0 Å². The number of sulfone groups is 1. The summed E-state index contributed by atoms with van der Waals surface area (Å²) in [5.41, 5.74) is -2.21. The molecule has 1 aromatic heterocycles. The van der Waals surface area contributed by atoms with Crippen LogP contribution in [0.15, 0.2) is 41.4 Å². The highest BCUT2D eigenvalue weighted by molar-refractivity contribution is 7.92. The van der Waals surface area contributed by atoms with Gasteiger partial charge in [0.2, 0.25) is 0 Å². The molecule has 1 aromatic carbocycles. The Morgan fingerprint density at radius 3 is 2.60 bits per heavy atom. The van der Waals surface area contributed by atoms with Gasteiger partial charge in [-0.3, -0.25) is 0 Å². The van der Waals surface area contributed by atoms with Crippen LogP contribution in [0, 0.1) is 11.3 Å². The van der Waals surface area contributed by atoms with Crippen LogP contribution in [0.3, 0.4) is 0 Å². The molecule has 35 heavy (non-hydrogen) atoms. The molecule has 0 unspecified atom stereocenters. The number of anilines is 1. The first-order valence-electron chi connectivity index (χ1n) is 10.2. The summed E-state index contributed by atoms with van der Waals surface area (Å²) in [6.07, 6.45) is -5.70. The van der Waals surface area contributed by atoms with Crippen LogP contribution in [-0.2, 0) is 20.8 Å². The van der Waals surface area contributed by atoms with E-state index in [1.54, 1.807) is 0 Å². The lowest BCUT2D eigenvalue weighted by atomic mass is 10.2. The zero-order valence-electron chi connectivity index (χ0n) is 17.7. The topological polar surface area (TPSA) is 112 Å². The van der Waals surface area contributed by atoms with Gasteiger partial charge in [-0.1, -0.05) is 23.2 Å². The van der Waals surface area contributed by atoms with Gasteiger partial charge in [0.05, 0.1) is 26.8 Å². The third kappa shape index (κ3) is 5.12. The molecule has 1 aliphatic heterocycles. The molecule has 2 atom stereocenters. The van der Waals surface area contributed by atoms with Crippen LogP contribution in [0.1, 0.15) is 24.8 Å². The van der Waals surface area contributed by atoms with Gasteiger partial charge in [-0.25, -0.2) is 18.2 Å². The predicted octanol–water partition coefficient (Wildman–Crippen LogP) is 4.57. The first-order valence-corrected chi connectivity index (χ1v) is 12.5. The number of carbonyl (C=O) groups is 1. The summed E-state index contributed by atoms with van der Waals surface area (Å²) in [5.74, 6) is -0.584. The van der Waals surface area contributed by atoms with Crippen molar-refractivity contribution >= 4 is 45.0 Å². The summed E-state index contributed by atoms with van der Waals surface area (Å²) in [4.78, 5) is 17.0. The zero-order chi connectivity index (χ0) is 25.6. The molecule has 4 rings (SSSR count). The van der Waals surface area contributed by atoms with E-state index in [9.17, 15) is 31.6 Å². The number of alkyl carbamates (subject to hydrolysis) is 1. The fraction of sp³-hybridized carbons (Fsp3) is 0.381. The minimum Gasteiger partial charge on any atom is -0.425 e. The van der Waals surface area contributed by atoms with E-state index >= 15 is 0 Å². The highest BCUT2D eigenvalue weighted by atomic mass is 35.5. The molecule has 2 aliphatic rings. The maximum atomic E-state index is 13.7. The lowest BCUT2D eigenvalue weighted by Gasteiger charge is -2.27. The molecule has 1 aliphatic carbocycles. The molecule has 0 spiro atoms. The number of carbonyl (C=O) groups excluding carboxylic acids is 1. The molecule has 1 saturated heterocycles. The number of ether oxygens (including phenoxy) is 1. The highest BCUT2D eigenvalue weighted by Crippen LogP contribution is 2.41. The average molecular weight is 549 g/mol. The Morgan fingerprint density at radius 1 is 1.29 bits per heavy atom. The summed E-state index contributed by atoms with van der Waals surface area (Å²) >= 11 is 11.9. The maximum absolute atomic E-state index is 13.7. The fourth-order valence-electron chi connectivity index (χ4n) is 3.79. The molecular weight excluding hydrogens is 532 g/mol. The van der Waals surface area contributed by atoms with Gasteiger partial charge >= 0.3 is 12.3 Å². The number of alkyl halides is 3. The van der Waals surface area contributed by atoms with Crippen molar-refractivity contribution in [3.8, 4) is 6.07 Å². The second-order valence-corrected chi connectivity index (χ2v) is 11.2. The van der Waals surface area contributed by atoms with Gasteiger partial charge in [0, 0.05) is 24.2 Å². The van der Waals surface area contributed by atoms with Gasteiger partial charge < -0.3 is 15.0 Å². The molecule has 2 heterocycles. The lowest BCUT2D eigenvalue weighted by Crippen LogP contribution is -2.42. The molecule has 1 saturated carbocycles. The number of hydrogen-bond acceptors (Lipinski definition) is 7. The highest BCUT2D eigenvalue weighted by Gasteiger charge is 2.49. The van der Waals surface area contributed by atoms with Gasteiger partial charge in [-0.2, -0.15) is 18.4 Å². The Hall–Kier alpha value is -2.75. The predicted molar refractivity (Wildman–Crippen MR) is 120 cm³/mol. The second kappa shape index (κ2) is 9.04. The number of pyridine rings is 1. The Morgan fingerprint density at radius 2 is 2.00 bits per heavy atom. The first kappa shape index (κ1) is 25.3. The van der Waals surface area contributed by atoms with Crippen LogP contribution in [-0.4, -0.2) is 43.1 Å². The summed E-state index contributed by atoms with van der Waals surface area (Å²) in [5, 5.41) is 10.3. The van der Waals surface area contributed by atoms with E-state index in [0.29, 0.717) is 12.8 Å². The quantitative estimate of drug-likeness (QED) is 0.582. The monoisotopic (exact) mass is 548 g/mol. The number of benzene rings is 1. The van der Waals surface area contributed by atoms with E-state index < -0.39 is 57.0 Å². The van der Waals surface area contributed by atoms with E-state index in [0.717, 1.165) is 23.2 Å². The van der Waals surface area contributed by atoms with Crippen LogP contribution < -0.4 is 10.2 Å². The molecule has 186 valence electrons. The van der Waals surface area contributed by atoms with Crippen molar-refractivity contribution < 1.29 is 31.1 Å². The van der Waals surface area contributed by atoms with E-state index in [4.69, 9.17) is 27.9 Å². The van der Waals surface area contributed by atoms with E-state index in [2.05, 4.69) is 10.3 Å². The largest absolute Gasteiger partial charge is 0.425 e. The molecule has 2 fully saturated rings. The van der Waals surface area contributed by atoms with Crippen molar-refractivity contribution in [2.75, 3.05) is 11.4 Å². The van der Waals surface area contributed by atoms with Crippen molar-refractivity contribution in [2.45, 2.75) is 47.4 Å². The number of aromatic nitrogens is 1. The van der Waals surface area contributed by atoms with Crippen LogP contribution >= 0.6 is 23.2 Å². The number of nitriles is 1. The maximum Gasteiger partial charge on any atom is 0.419 e. The Bertz CT molecular complexity index is 1310. The second-order valence-electron chi connectivity index (χ2n) is 8.18. The number of nitrogens with zero attached hydrogens (tertiary/aromatic N) is 3. The van der Waals surface area contributed by atoms with Crippen molar-refractivity contribution in [3.05, 3.63) is 52.1 Å². The van der Waals surface area contributed by atoms with Gasteiger partial charge in [-0.15, -0.1) is 0 Å². The summed E-state index contributed by atoms with van der Waals surface area (Å²) in [6, 6.07) is 7.60. The van der Waals surface area contributed by atoms with Crippen molar-refractivity contribution in [2.24, 2.45) is 0 Å². The molecule has 0 radical (unpaired) electrons. The Labute approximate surface area is 208 Å². The average Bonchev–Trinajstić information content (AvgIpc) is 3.41. The summed E-state index contributed by atoms with van der Waals surface area (Å²) < 4.78 is 73.1. The van der Waals surface area contributed by atoms with Gasteiger partial charge in [-0.05, 0) is 43.2 Å². The van der Waals surface area contributed by atoms with Gasteiger partial charge in [0.1, 0.15) is 11.4 Å². The van der Waals surface area contributed by atoms with E-state index in [-0.39, 0.29) is 21.4 Å². The summed E-state index contributed by atoms with van der Waals surface area (Å²) in [7, 11) is -4.18. The normalized spacial score (nSPS) is 21.3. The van der Waals surface area contributed by atoms with E-state index in [1.165, 1.54) is 18.2 Å². The molecule has 1 amide bonds. The third-order valence-corrected chi connectivity index (χ3v) is 8.61. The number of amides is 1. The number of nitrogens with one attached hydrogen (secondary N) is 1. The van der Waals surface area contributed by atoms with Gasteiger partial charge in [0.25, 0.3) is 0 Å². The smallest absolute Gasteiger partial charge is 0.419 e. The van der Waals surface area contributed by atoms with Crippen molar-refractivity contribution in [1.29, 1.82) is 5.26 Å². The zero-order valence-corrected chi connectivity index (χ0v) is 20.0. The van der Waals surface area contributed by atoms with Crippen LogP contribution in [0.4, 0.5) is 23.8 Å². The molecular formula is C21H17Cl2F3N4O4S. The summed E-state index contributed by atoms with van der Waals surface area (Å²) in [6.45, 7) is -0.456. The van der Waals surface area contributed by atoms with Gasteiger partial charge in [0.15, 0.2) is 16.1 Å². The first-order chi connectivity index (χ1) is 16.4. The van der Waals surface area contributed by atoms with Crippen LogP contribution in [0.5, 0.6) is 0 Å². The van der Waals surface area contributed by atoms with Crippen LogP contribution in [0.2, 0.25) is 10.0 Å². The molecule has 2 aromatic rings. The third-order valence-electron chi connectivity index (χ3n) is 5.76. The Balaban J connectivity index is 1.69. The molecule has 14 heteroatoms. The molecule has 8 nitrogen and oxygen atoms in total. The number of rotatable bonds is 5. The lowest BCUT2D eigenvalue weighted by molar-refractivity contribution is -0.137. The standard InChI is InChI=1S/C21H17Cl2F3N4O4S/c22-12-3-4-16(15(23)8-12)35(32,33)13-9-17(34-19(31)29-20(11-27)5-6-20)30(10-13)18-14(21(24,25)26)2-1-7-28-18/h1-4,7-8,13,17H,5-6,9-10H2,(H,29,31)/t13-,17-/m1/s1. The minimum absolute atomic E-state index is 0.148. The fourth-order valence-corrected chi connectivity index (χ4v) is 6.25. The van der Waals surface area contributed by atoms with Crippen molar-refractivity contribution in [1.82, 2.24) is 10.3 Å². The number of halogens is 5. The van der Waals surface area contributed by atoms with Crippen molar-refractivity contribution in [3.63, 3.8) is 0 Å². The SMILES string of the molecule is N#CC1(NC(=O)O[C@@H]2C[C@@H](S(=O)(=O)c3ccc(Cl)cc3Cl)CN2c2ncccc2C(F)(F)F)CC1. The molecule has 0 bridgehead atoms.